The normalized spacial score (nSPS) is 14.6. The number of ether oxygens (including phenoxy) is 2. The molecule has 0 N–H and O–H groups in total. The molecule has 0 aliphatic carbocycles. The quantitative estimate of drug-likeness (QED) is 0.155. The highest BCUT2D eigenvalue weighted by atomic mass is 35.5. The molecule has 9 heteroatoms. The molecule has 4 aromatic carbocycles. The third-order valence-corrected chi connectivity index (χ3v) is 9.45. The Balaban J connectivity index is 1.44. The molecule has 2 aromatic heterocycles. The number of carbonyl (C=O) groups excluding carboxylic acids is 1. The summed E-state index contributed by atoms with van der Waals surface area (Å²) in [5, 5.41) is 1.70. The molecule has 7 nitrogen and oxygen atoms in total. The lowest BCUT2D eigenvalue weighted by atomic mass is 9.93. The predicted octanol–water partition coefficient (Wildman–Crippen LogP) is 6.99. The summed E-state index contributed by atoms with van der Waals surface area (Å²) in [6.07, 6.45) is 3.99. The van der Waals surface area contributed by atoms with Crippen LogP contribution in [-0.2, 0) is 16.1 Å². The van der Waals surface area contributed by atoms with Crippen LogP contribution in [0.3, 0.4) is 0 Å². The van der Waals surface area contributed by atoms with Gasteiger partial charge in [0.05, 0.1) is 35.1 Å². The topological polar surface area (TPSA) is 74.8 Å². The van der Waals surface area contributed by atoms with Crippen LogP contribution in [0.25, 0.3) is 22.7 Å². The zero-order valence-corrected chi connectivity index (χ0v) is 28.0. The minimum Gasteiger partial charge on any atom is -0.494 e. The number of hydrogen-bond donors (Lipinski definition) is 0. The summed E-state index contributed by atoms with van der Waals surface area (Å²) >= 11 is 7.59. The lowest BCUT2D eigenvalue weighted by Gasteiger charge is -2.26. The summed E-state index contributed by atoms with van der Waals surface area (Å²) in [7, 11) is 0. The van der Waals surface area contributed by atoms with Gasteiger partial charge in [0.15, 0.2) is 4.80 Å². The van der Waals surface area contributed by atoms with Gasteiger partial charge in [-0.25, -0.2) is 9.79 Å². The molecule has 3 heterocycles. The fourth-order valence-electron chi connectivity index (χ4n) is 6.16. The van der Waals surface area contributed by atoms with E-state index in [0.717, 1.165) is 33.2 Å². The van der Waals surface area contributed by atoms with E-state index in [4.69, 9.17) is 26.1 Å². The van der Waals surface area contributed by atoms with Gasteiger partial charge in [-0.1, -0.05) is 95.7 Å². The maximum atomic E-state index is 14.5. The number of aromatic nitrogens is 2. The number of esters is 1. The van der Waals surface area contributed by atoms with Crippen molar-refractivity contribution in [3.8, 4) is 5.75 Å². The number of rotatable bonds is 9. The average molecular weight is 674 g/mol. The summed E-state index contributed by atoms with van der Waals surface area (Å²) in [4.78, 5) is 33.7. The first kappa shape index (κ1) is 31.4. The Morgan fingerprint density at radius 2 is 1.71 bits per heavy atom. The van der Waals surface area contributed by atoms with Gasteiger partial charge >= 0.3 is 5.97 Å². The van der Waals surface area contributed by atoms with E-state index >= 15 is 0 Å². The van der Waals surface area contributed by atoms with Gasteiger partial charge in [0.25, 0.3) is 5.56 Å². The van der Waals surface area contributed by atoms with Gasteiger partial charge in [-0.3, -0.25) is 9.36 Å². The Labute approximate surface area is 286 Å². The van der Waals surface area contributed by atoms with E-state index in [1.165, 1.54) is 11.3 Å². The van der Waals surface area contributed by atoms with Gasteiger partial charge in [0.1, 0.15) is 5.75 Å². The molecule has 0 spiro atoms. The Bertz CT molecular complexity index is 2350. The Morgan fingerprint density at radius 1 is 0.938 bits per heavy atom. The molecule has 1 aliphatic heterocycles. The monoisotopic (exact) mass is 673 g/mol. The molecule has 0 saturated heterocycles. The van der Waals surface area contributed by atoms with Crippen molar-refractivity contribution in [1.82, 2.24) is 9.13 Å². The minimum atomic E-state index is -0.766. The van der Waals surface area contributed by atoms with E-state index in [0.29, 0.717) is 44.5 Å². The SMILES string of the molecule is CCOC(=O)C1=C(c2ccccc2)N=c2s/c(=C\c3cn(Cc4cccc(Cl)c4)c4ccccc34)c(=O)n2[C@H]1c1ccc(OCC)cc1. The van der Waals surface area contributed by atoms with Crippen LogP contribution in [0.15, 0.2) is 125 Å². The van der Waals surface area contributed by atoms with E-state index < -0.39 is 12.0 Å². The molecule has 0 radical (unpaired) electrons. The summed E-state index contributed by atoms with van der Waals surface area (Å²) in [6, 6.07) is 32.2. The number of para-hydroxylation sites is 1. The highest BCUT2D eigenvalue weighted by molar-refractivity contribution is 7.07. The van der Waals surface area contributed by atoms with Crippen LogP contribution in [-0.4, -0.2) is 28.3 Å². The van der Waals surface area contributed by atoms with Gasteiger partial charge in [-0.2, -0.15) is 0 Å². The predicted molar refractivity (Wildman–Crippen MR) is 191 cm³/mol. The van der Waals surface area contributed by atoms with E-state index in [1.807, 2.05) is 104 Å². The number of halogens is 1. The summed E-state index contributed by atoms with van der Waals surface area (Å²) in [6.45, 7) is 5.02. The number of fused-ring (bicyclic) bond motifs is 2. The smallest absolute Gasteiger partial charge is 0.338 e. The second-order valence-corrected chi connectivity index (χ2v) is 12.7. The summed E-state index contributed by atoms with van der Waals surface area (Å²) in [5.41, 5.74) is 5.09. The van der Waals surface area contributed by atoms with Gasteiger partial charge in [0.2, 0.25) is 0 Å². The molecule has 0 unspecified atom stereocenters. The Hall–Kier alpha value is -5.18. The second-order valence-electron chi connectivity index (χ2n) is 11.3. The van der Waals surface area contributed by atoms with Crippen molar-refractivity contribution in [2.75, 3.05) is 13.2 Å². The molecule has 7 rings (SSSR count). The molecule has 6 aromatic rings. The first-order chi connectivity index (χ1) is 23.4. The molecule has 0 bridgehead atoms. The zero-order valence-electron chi connectivity index (χ0n) is 26.4. The fourth-order valence-corrected chi connectivity index (χ4v) is 7.37. The third kappa shape index (κ3) is 6.01. The molecular formula is C39H32ClN3O4S. The van der Waals surface area contributed by atoms with E-state index in [1.54, 1.807) is 11.5 Å². The van der Waals surface area contributed by atoms with Crippen LogP contribution >= 0.6 is 22.9 Å². The van der Waals surface area contributed by atoms with Crippen molar-refractivity contribution in [2.24, 2.45) is 4.99 Å². The van der Waals surface area contributed by atoms with Crippen LogP contribution in [0, 0.1) is 0 Å². The Morgan fingerprint density at radius 3 is 2.46 bits per heavy atom. The van der Waals surface area contributed by atoms with Crippen LogP contribution in [0.5, 0.6) is 5.75 Å². The van der Waals surface area contributed by atoms with Gasteiger partial charge in [-0.15, -0.1) is 0 Å². The fraction of sp³-hybridized carbons (Fsp3) is 0.154. The first-order valence-electron chi connectivity index (χ1n) is 15.8. The summed E-state index contributed by atoms with van der Waals surface area (Å²) < 4.78 is 15.6. The maximum Gasteiger partial charge on any atom is 0.338 e. The van der Waals surface area contributed by atoms with Gasteiger partial charge in [0, 0.05) is 39.8 Å². The van der Waals surface area contributed by atoms with Crippen LogP contribution in [0.2, 0.25) is 5.02 Å². The summed E-state index contributed by atoms with van der Waals surface area (Å²) in [5.74, 6) is 0.185. The molecule has 240 valence electrons. The Kier molecular flexibility index (Phi) is 8.84. The minimum absolute atomic E-state index is 0.185. The molecule has 1 atom stereocenters. The average Bonchev–Trinajstić information content (AvgIpc) is 3.61. The number of carbonyl (C=O) groups is 1. The lowest BCUT2D eigenvalue weighted by Crippen LogP contribution is -2.40. The van der Waals surface area contributed by atoms with Gasteiger partial charge in [-0.05, 0) is 61.4 Å². The van der Waals surface area contributed by atoms with Crippen molar-refractivity contribution >= 4 is 51.6 Å². The van der Waals surface area contributed by atoms with Crippen LogP contribution in [0.4, 0.5) is 0 Å². The molecule has 48 heavy (non-hydrogen) atoms. The lowest BCUT2D eigenvalue weighted by molar-refractivity contribution is -0.138. The van der Waals surface area contributed by atoms with Crippen molar-refractivity contribution in [1.29, 1.82) is 0 Å². The molecule has 1 aliphatic rings. The molecule has 0 saturated carbocycles. The largest absolute Gasteiger partial charge is 0.494 e. The van der Waals surface area contributed by atoms with Crippen LogP contribution < -0.4 is 19.6 Å². The van der Waals surface area contributed by atoms with Crippen molar-refractivity contribution in [3.63, 3.8) is 0 Å². The van der Waals surface area contributed by atoms with Crippen molar-refractivity contribution in [3.05, 3.63) is 162 Å². The van der Waals surface area contributed by atoms with Crippen molar-refractivity contribution < 1.29 is 14.3 Å². The zero-order chi connectivity index (χ0) is 33.2. The second kappa shape index (κ2) is 13.5. The van der Waals surface area contributed by atoms with E-state index in [2.05, 4.69) is 22.9 Å². The van der Waals surface area contributed by atoms with Crippen molar-refractivity contribution in [2.45, 2.75) is 26.4 Å². The number of thiazole rings is 1. The van der Waals surface area contributed by atoms with Crippen LogP contribution in [0.1, 0.15) is 42.1 Å². The molecular weight excluding hydrogens is 642 g/mol. The van der Waals surface area contributed by atoms with E-state index in [9.17, 15) is 9.59 Å². The van der Waals surface area contributed by atoms with E-state index in [-0.39, 0.29) is 12.2 Å². The molecule has 0 fully saturated rings. The maximum absolute atomic E-state index is 14.5. The number of nitrogens with zero attached hydrogens (tertiary/aromatic N) is 3. The number of hydrogen-bond acceptors (Lipinski definition) is 6. The highest BCUT2D eigenvalue weighted by Crippen LogP contribution is 2.36. The van der Waals surface area contributed by atoms with Gasteiger partial charge < -0.3 is 14.0 Å². The first-order valence-corrected chi connectivity index (χ1v) is 17.0. The molecule has 0 amide bonds. The standard InChI is InChI=1S/C39H32ClN3O4S/c1-3-46-30-19-17-27(18-20-30)36-34(38(45)47-4-2)35(26-12-6-5-7-13-26)41-39-43(36)37(44)33(48-39)22-28-24-42(32-16-9-8-15-31(28)32)23-25-11-10-14-29(40)21-25/h5-22,24,36H,3-4,23H2,1-2H3/b33-22-/t36-/m0/s1. The highest BCUT2D eigenvalue weighted by Gasteiger charge is 2.35. The third-order valence-electron chi connectivity index (χ3n) is 8.23. The number of benzene rings is 4.